The summed E-state index contributed by atoms with van der Waals surface area (Å²) in [4.78, 5) is 4.49. The number of halogens is 1. The van der Waals surface area contributed by atoms with Gasteiger partial charge in [-0.1, -0.05) is 24.3 Å². The van der Waals surface area contributed by atoms with Crippen molar-refractivity contribution < 1.29 is 22.1 Å². The second-order valence-corrected chi connectivity index (χ2v) is 5.91. The summed E-state index contributed by atoms with van der Waals surface area (Å²) in [7, 11) is 0. The molecule has 0 aliphatic carbocycles. The van der Waals surface area contributed by atoms with Crippen LogP contribution in [0.1, 0.15) is 18.2 Å². The number of hydrogen-bond acceptors (Lipinski definition) is 3. The van der Waals surface area contributed by atoms with Crippen LogP contribution in [0.3, 0.4) is 0 Å². The van der Waals surface area contributed by atoms with E-state index in [4.69, 9.17) is 0 Å². The highest BCUT2D eigenvalue weighted by atomic mass is 35.5. The second-order valence-electron chi connectivity index (χ2n) is 5.91. The van der Waals surface area contributed by atoms with Crippen LogP contribution in [0.25, 0.3) is 5.70 Å². The van der Waals surface area contributed by atoms with Gasteiger partial charge in [0.1, 0.15) is 5.69 Å². The van der Waals surface area contributed by atoms with Crippen molar-refractivity contribution in [1.29, 1.82) is 0 Å². The number of allylic oxidation sites excluding steroid dienone is 1. The number of aliphatic imine (C=N–C) groups is 1. The molecule has 4 rings (SSSR count). The zero-order chi connectivity index (χ0) is 17.2. The second kappa shape index (κ2) is 7.54. The Kier molecular flexibility index (Phi) is 5.19. The molecule has 6 heteroatoms. The van der Waals surface area contributed by atoms with Gasteiger partial charge in [-0.15, -0.1) is 0 Å². The highest BCUT2D eigenvalue weighted by Crippen LogP contribution is 2.27. The lowest BCUT2D eigenvalue weighted by atomic mass is 10.1. The topological polar surface area (TPSA) is 54.3 Å². The number of fused-ring (bicyclic) bond motifs is 1. The van der Waals surface area contributed by atoms with E-state index in [0.29, 0.717) is 12.2 Å². The standard InChI is InChI=1S/C20H18N4O.ClH/c1-2-24-20(25)18(14-22-24)21-13-16-12-17-10-6-7-11-23(17)19(16)15-8-4-3-5-9-15;/h3-11,13-14H,2,12H2,1H3;1H/b21-13+;. The summed E-state index contributed by atoms with van der Waals surface area (Å²) >= 11 is 0. The van der Waals surface area contributed by atoms with Crippen LogP contribution in [0.2, 0.25) is 0 Å². The number of aryl methyl sites for hydroxylation is 1. The molecule has 0 radical (unpaired) electrons. The summed E-state index contributed by atoms with van der Waals surface area (Å²) in [5.41, 5.74) is 5.09. The SMILES string of the molecule is CCn1ncc(/N=C/C2=C(c3ccccc3)[n+]3ccccc3C2)c1O.[Cl-]. The molecule has 132 valence electrons. The van der Waals surface area contributed by atoms with Gasteiger partial charge in [-0.25, -0.2) is 9.67 Å². The minimum Gasteiger partial charge on any atom is -1.00 e. The zero-order valence-corrected chi connectivity index (χ0v) is 15.1. The van der Waals surface area contributed by atoms with E-state index < -0.39 is 0 Å². The minimum absolute atomic E-state index is 0. The van der Waals surface area contributed by atoms with Crippen LogP contribution in [0.5, 0.6) is 5.88 Å². The van der Waals surface area contributed by atoms with Gasteiger partial charge in [0.15, 0.2) is 11.9 Å². The van der Waals surface area contributed by atoms with Gasteiger partial charge in [-0.3, -0.25) is 0 Å². The fraction of sp³-hybridized carbons (Fsp3) is 0.150. The molecule has 0 atom stereocenters. The average molecular weight is 367 g/mol. The van der Waals surface area contributed by atoms with Gasteiger partial charge in [-0.2, -0.15) is 9.67 Å². The van der Waals surface area contributed by atoms with Crippen molar-refractivity contribution in [2.45, 2.75) is 19.9 Å². The molecular weight excluding hydrogens is 348 g/mol. The molecule has 0 unspecified atom stereocenters. The molecule has 3 heterocycles. The number of benzene rings is 1. The van der Waals surface area contributed by atoms with Crippen molar-refractivity contribution in [2.75, 3.05) is 0 Å². The van der Waals surface area contributed by atoms with E-state index in [9.17, 15) is 5.11 Å². The Morgan fingerprint density at radius 3 is 2.69 bits per heavy atom. The average Bonchev–Trinajstić information content (AvgIpc) is 3.20. The van der Waals surface area contributed by atoms with Gasteiger partial charge in [0, 0.05) is 30.5 Å². The van der Waals surface area contributed by atoms with E-state index in [2.05, 4.69) is 39.1 Å². The fourth-order valence-electron chi connectivity index (χ4n) is 3.14. The summed E-state index contributed by atoms with van der Waals surface area (Å²) in [6.45, 7) is 2.54. The van der Waals surface area contributed by atoms with Gasteiger partial charge in [0.05, 0.1) is 18.2 Å². The number of aromatic hydroxyl groups is 1. The molecule has 0 amide bonds. The monoisotopic (exact) mass is 366 g/mol. The molecule has 0 fully saturated rings. The normalized spacial score (nSPS) is 13.1. The lowest BCUT2D eigenvalue weighted by molar-refractivity contribution is -0.582. The van der Waals surface area contributed by atoms with Gasteiger partial charge in [-0.05, 0) is 19.1 Å². The molecule has 0 saturated carbocycles. The Balaban J connectivity index is 0.00000196. The third kappa shape index (κ3) is 3.13. The molecule has 1 N–H and O–H groups in total. The first kappa shape index (κ1) is 17.9. The highest BCUT2D eigenvalue weighted by molar-refractivity contribution is 5.91. The molecule has 0 bridgehead atoms. The van der Waals surface area contributed by atoms with Crippen LogP contribution in [0, 0.1) is 0 Å². The van der Waals surface area contributed by atoms with E-state index in [-0.39, 0.29) is 18.3 Å². The Bertz CT molecular complexity index is 976. The Labute approximate surface area is 158 Å². The third-order valence-electron chi connectivity index (χ3n) is 4.36. The van der Waals surface area contributed by atoms with E-state index in [1.807, 2.05) is 43.5 Å². The van der Waals surface area contributed by atoms with Crippen LogP contribution < -0.4 is 17.0 Å². The maximum Gasteiger partial charge on any atom is 0.235 e. The summed E-state index contributed by atoms with van der Waals surface area (Å²) in [6, 6.07) is 16.5. The smallest absolute Gasteiger partial charge is 0.235 e. The van der Waals surface area contributed by atoms with Crippen molar-refractivity contribution in [2.24, 2.45) is 4.99 Å². The first-order valence-electron chi connectivity index (χ1n) is 8.35. The molecule has 2 aromatic heterocycles. The minimum atomic E-state index is 0. The van der Waals surface area contributed by atoms with Crippen LogP contribution in [-0.4, -0.2) is 21.1 Å². The van der Waals surface area contributed by atoms with Gasteiger partial charge in [0.2, 0.25) is 11.6 Å². The van der Waals surface area contributed by atoms with Crippen molar-refractivity contribution in [1.82, 2.24) is 9.78 Å². The molecular formula is C20H19ClN4O. The number of hydrogen-bond donors (Lipinski definition) is 1. The van der Waals surface area contributed by atoms with Crippen LogP contribution in [0.15, 0.2) is 71.5 Å². The van der Waals surface area contributed by atoms with E-state index in [0.717, 1.165) is 23.3 Å². The number of aromatic nitrogens is 3. The quantitative estimate of drug-likeness (QED) is 0.526. The molecule has 3 aromatic rings. The van der Waals surface area contributed by atoms with E-state index >= 15 is 0 Å². The maximum atomic E-state index is 10.1. The zero-order valence-electron chi connectivity index (χ0n) is 14.4. The first-order chi connectivity index (χ1) is 12.3. The van der Waals surface area contributed by atoms with Gasteiger partial charge >= 0.3 is 0 Å². The molecule has 1 aliphatic heterocycles. The molecule has 1 aromatic carbocycles. The Hall–Kier alpha value is -2.92. The highest BCUT2D eigenvalue weighted by Gasteiger charge is 2.29. The van der Waals surface area contributed by atoms with Gasteiger partial charge < -0.3 is 17.5 Å². The number of pyridine rings is 1. The van der Waals surface area contributed by atoms with Crippen molar-refractivity contribution in [3.63, 3.8) is 0 Å². The Morgan fingerprint density at radius 2 is 1.96 bits per heavy atom. The lowest BCUT2D eigenvalue weighted by Crippen LogP contribution is -3.00. The van der Waals surface area contributed by atoms with Crippen molar-refractivity contribution in [3.05, 3.63) is 77.8 Å². The summed E-state index contributed by atoms with van der Waals surface area (Å²) in [5.74, 6) is 0.101. The van der Waals surface area contributed by atoms with Crippen LogP contribution in [0.4, 0.5) is 5.69 Å². The van der Waals surface area contributed by atoms with Crippen molar-refractivity contribution in [3.8, 4) is 5.88 Å². The maximum absolute atomic E-state index is 10.1. The number of rotatable bonds is 4. The first-order valence-corrected chi connectivity index (χ1v) is 8.35. The summed E-state index contributed by atoms with van der Waals surface area (Å²) < 4.78 is 3.73. The predicted molar refractivity (Wildman–Crippen MR) is 96.8 cm³/mol. The van der Waals surface area contributed by atoms with Crippen molar-refractivity contribution >= 4 is 17.6 Å². The molecule has 0 saturated heterocycles. The Morgan fingerprint density at radius 1 is 1.19 bits per heavy atom. The van der Waals surface area contributed by atoms with Crippen LogP contribution in [-0.2, 0) is 13.0 Å². The largest absolute Gasteiger partial charge is 1.00 e. The molecule has 5 nitrogen and oxygen atoms in total. The predicted octanol–water partition coefficient (Wildman–Crippen LogP) is 0.118. The summed E-state index contributed by atoms with van der Waals surface area (Å²) in [6.07, 6.45) is 6.31. The molecule has 0 spiro atoms. The van der Waals surface area contributed by atoms with Gasteiger partial charge in [0.25, 0.3) is 0 Å². The molecule has 1 aliphatic rings. The number of nitrogens with zero attached hydrogens (tertiary/aromatic N) is 4. The summed E-state index contributed by atoms with van der Waals surface area (Å²) in [5, 5.41) is 14.3. The van der Waals surface area contributed by atoms with E-state index in [1.165, 1.54) is 10.4 Å². The fourth-order valence-corrected chi connectivity index (χ4v) is 3.14. The lowest BCUT2D eigenvalue weighted by Gasteiger charge is -2.00. The van der Waals surface area contributed by atoms with Crippen LogP contribution >= 0.6 is 0 Å². The van der Waals surface area contributed by atoms with E-state index in [1.54, 1.807) is 6.20 Å². The third-order valence-corrected chi connectivity index (χ3v) is 4.36. The molecule has 26 heavy (non-hydrogen) atoms.